The summed E-state index contributed by atoms with van der Waals surface area (Å²) in [7, 11) is 0. The van der Waals surface area contributed by atoms with Gasteiger partial charge in [0.1, 0.15) is 11.6 Å². The first-order chi connectivity index (χ1) is 10.4. The lowest BCUT2D eigenvalue weighted by atomic mass is 10.4. The van der Waals surface area contributed by atoms with Crippen molar-refractivity contribution in [3.8, 4) is 0 Å². The summed E-state index contributed by atoms with van der Waals surface area (Å²) in [6.45, 7) is 0. The standard InChI is InChI=1S/C13H11N3O6/c17-10(4-6-12(19)20)15-8-2-1-3-9(14-8)16-11(18)5-7-13(21)22/h1-7H,(H,19,20)(H,21,22)(H2,14,15,16,17,18)/b6-4-,7-5+. The smallest absolute Gasteiger partial charge is 0.328 e. The molecule has 0 radical (unpaired) electrons. The predicted octanol–water partition coefficient (Wildman–Crippen LogP) is 0.240. The van der Waals surface area contributed by atoms with Gasteiger partial charge in [-0.3, -0.25) is 9.59 Å². The van der Waals surface area contributed by atoms with E-state index >= 15 is 0 Å². The van der Waals surface area contributed by atoms with Gasteiger partial charge >= 0.3 is 11.9 Å². The van der Waals surface area contributed by atoms with E-state index in [-0.39, 0.29) is 11.6 Å². The normalized spacial score (nSPS) is 10.5. The number of carboxylic acid groups (broad SMARTS) is 2. The molecule has 114 valence electrons. The molecule has 0 bridgehead atoms. The zero-order chi connectivity index (χ0) is 16.5. The Morgan fingerprint density at radius 2 is 1.23 bits per heavy atom. The van der Waals surface area contributed by atoms with Crippen molar-refractivity contribution in [3.63, 3.8) is 0 Å². The summed E-state index contributed by atoms with van der Waals surface area (Å²) >= 11 is 0. The number of hydrogen-bond acceptors (Lipinski definition) is 5. The van der Waals surface area contributed by atoms with Crippen molar-refractivity contribution in [1.29, 1.82) is 0 Å². The number of amides is 2. The minimum Gasteiger partial charge on any atom is -0.478 e. The minimum absolute atomic E-state index is 0.0834. The van der Waals surface area contributed by atoms with Crippen molar-refractivity contribution in [3.05, 3.63) is 42.5 Å². The Morgan fingerprint density at radius 3 is 1.59 bits per heavy atom. The van der Waals surface area contributed by atoms with Crippen LogP contribution in [0, 0.1) is 0 Å². The van der Waals surface area contributed by atoms with E-state index in [0.29, 0.717) is 12.2 Å². The monoisotopic (exact) mass is 305 g/mol. The molecule has 0 aliphatic rings. The highest BCUT2D eigenvalue weighted by Gasteiger charge is 2.04. The van der Waals surface area contributed by atoms with E-state index in [4.69, 9.17) is 10.2 Å². The number of anilines is 2. The number of carbonyl (C=O) groups excluding carboxylic acids is 2. The number of carboxylic acids is 2. The van der Waals surface area contributed by atoms with Gasteiger partial charge in [-0.1, -0.05) is 6.07 Å². The SMILES string of the molecule is O=C(O)/C=C\C(=O)Nc1cccc(NC(=O)/C=C/C(=O)O)n1. The maximum atomic E-state index is 11.4. The quantitative estimate of drug-likeness (QED) is 0.550. The van der Waals surface area contributed by atoms with Crippen LogP contribution in [0.3, 0.4) is 0 Å². The highest BCUT2D eigenvalue weighted by molar-refractivity contribution is 6.03. The third kappa shape index (κ3) is 6.61. The summed E-state index contributed by atoms with van der Waals surface area (Å²) in [5, 5.41) is 21.4. The zero-order valence-electron chi connectivity index (χ0n) is 11.0. The van der Waals surface area contributed by atoms with Crippen LogP contribution in [0.25, 0.3) is 0 Å². The molecule has 0 atom stereocenters. The van der Waals surface area contributed by atoms with Gasteiger partial charge in [0.05, 0.1) is 0 Å². The third-order valence-electron chi connectivity index (χ3n) is 2.01. The molecular formula is C13H11N3O6. The molecule has 0 aromatic carbocycles. The van der Waals surface area contributed by atoms with E-state index in [1.165, 1.54) is 18.2 Å². The molecule has 0 fully saturated rings. The summed E-state index contributed by atoms with van der Waals surface area (Å²) in [4.78, 5) is 47.1. The number of rotatable bonds is 6. The number of aliphatic carboxylic acids is 2. The highest BCUT2D eigenvalue weighted by atomic mass is 16.4. The molecular weight excluding hydrogens is 294 g/mol. The van der Waals surface area contributed by atoms with Crippen LogP contribution in [0.15, 0.2) is 42.5 Å². The van der Waals surface area contributed by atoms with Gasteiger partial charge in [0.2, 0.25) is 11.8 Å². The molecule has 9 nitrogen and oxygen atoms in total. The fraction of sp³-hybridized carbons (Fsp3) is 0. The molecule has 0 unspecified atom stereocenters. The molecule has 0 aliphatic heterocycles. The predicted molar refractivity (Wildman–Crippen MR) is 75.0 cm³/mol. The number of nitrogens with zero attached hydrogens (tertiary/aromatic N) is 1. The molecule has 1 aromatic heterocycles. The number of hydrogen-bond donors (Lipinski definition) is 4. The maximum absolute atomic E-state index is 11.4. The number of aromatic nitrogens is 1. The van der Waals surface area contributed by atoms with Gasteiger partial charge < -0.3 is 20.8 Å². The summed E-state index contributed by atoms with van der Waals surface area (Å²) in [5.74, 6) is -3.78. The van der Waals surface area contributed by atoms with E-state index in [1.807, 2.05) is 0 Å². The summed E-state index contributed by atoms with van der Waals surface area (Å²) < 4.78 is 0. The van der Waals surface area contributed by atoms with Crippen molar-refractivity contribution in [2.45, 2.75) is 0 Å². The molecule has 1 aromatic rings. The lowest BCUT2D eigenvalue weighted by Gasteiger charge is -2.05. The Labute approximate surface area is 124 Å². The van der Waals surface area contributed by atoms with Crippen molar-refractivity contribution < 1.29 is 29.4 Å². The molecule has 2 amide bonds. The average molecular weight is 305 g/mol. The Balaban J connectivity index is 2.70. The van der Waals surface area contributed by atoms with E-state index in [2.05, 4.69) is 15.6 Å². The Morgan fingerprint density at radius 1 is 0.818 bits per heavy atom. The van der Waals surface area contributed by atoms with E-state index in [1.54, 1.807) is 0 Å². The van der Waals surface area contributed by atoms with Gasteiger partial charge in [-0.05, 0) is 12.1 Å². The van der Waals surface area contributed by atoms with Crippen molar-refractivity contribution in [2.75, 3.05) is 10.6 Å². The van der Waals surface area contributed by atoms with Crippen LogP contribution in [0.5, 0.6) is 0 Å². The molecule has 0 aliphatic carbocycles. The van der Waals surface area contributed by atoms with Gasteiger partial charge in [0, 0.05) is 24.3 Å². The summed E-state index contributed by atoms with van der Waals surface area (Å²) in [6, 6.07) is 4.34. The van der Waals surface area contributed by atoms with Gasteiger partial charge in [0.15, 0.2) is 0 Å². The van der Waals surface area contributed by atoms with Crippen LogP contribution in [0.1, 0.15) is 0 Å². The largest absolute Gasteiger partial charge is 0.478 e. The second-order valence-corrected chi connectivity index (χ2v) is 3.73. The molecule has 0 spiro atoms. The van der Waals surface area contributed by atoms with Crippen LogP contribution < -0.4 is 10.6 Å². The fourth-order valence-electron chi connectivity index (χ4n) is 1.20. The second kappa shape index (κ2) is 7.94. The van der Waals surface area contributed by atoms with Gasteiger partial charge in [-0.25, -0.2) is 14.6 Å². The van der Waals surface area contributed by atoms with Crippen LogP contribution in [0.2, 0.25) is 0 Å². The maximum Gasteiger partial charge on any atom is 0.328 e. The summed E-state index contributed by atoms with van der Waals surface area (Å²) in [6.07, 6.45) is 2.95. The molecule has 1 heterocycles. The molecule has 0 saturated heterocycles. The van der Waals surface area contributed by atoms with Gasteiger partial charge in [-0.2, -0.15) is 0 Å². The van der Waals surface area contributed by atoms with Crippen LogP contribution in [0.4, 0.5) is 11.6 Å². The number of carbonyl (C=O) groups is 4. The Kier molecular flexibility index (Phi) is 5.98. The third-order valence-corrected chi connectivity index (χ3v) is 2.01. The topological polar surface area (TPSA) is 146 Å². The highest BCUT2D eigenvalue weighted by Crippen LogP contribution is 2.09. The van der Waals surface area contributed by atoms with Crippen LogP contribution >= 0.6 is 0 Å². The first kappa shape index (κ1) is 16.6. The molecule has 4 N–H and O–H groups in total. The van der Waals surface area contributed by atoms with Gasteiger partial charge in [0.25, 0.3) is 0 Å². The van der Waals surface area contributed by atoms with E-state index in [9.17, 15) is 19.2 Å². The van der Waals surface area contributed by atoms with E-state index < -0.39 is 23.8 Å². The first-order valence-corrected chi connectivity index (χ1v) is 5.78. The fourth-order valence-corrected chi connectivity index (χ4v) is 1.20. The van der Waals surface area contributed by atoms with E-state index in [0.717, 1.165) is 12.2 Å². The molecule has 0 saturated carbocycles. The van der Waals surface area contributed by atoms with Gasteiger partial charge in [-0.15, -0.1) is 0 Å². The van der Waals surface area contributed by atoms with Crippen molar-refractivity contribution in [1.82, 2.24) is 4.98 Å². The first-order valence-electron chi connectivity index (χ1n) is 5.78. The minimum atomic E-state index is -1.27. The lowest BCUT2D eigenvalue weighted by Crippen LogP contribution is -2.13. The van der Waals surface area contributed by atoms with Crippen molar-refractivity contribution >= 4 is 35.4 Å². The molecule has 1 rings (SSSR count). The lowest BCUT2D eigenvalue weighted by molar-refractivity contribution is -0.132. The Hall–Kier alpha value is -3.49. The zero-order valence-corrected chi connectivity index (χ0v) is 11.0. The molecule has 9 heteroatoms. The van der Waals surface area contributed by atoms with Crippen molar-refractivity contribution in [2.24, 2.45) is 0 Å². The average Bonchev–Trinajstić information content (AvgIpc) is 2.43. The molecule has 22 heavy (non-hydrogen) atoms. The number of nitrogens with one attached hydrogen (secondary N) is 2. The second-order valence-electron chi connectivity index (χ2n) is 3.73. The number of pyridine rings is 1. The van der Waals surface area contributed by atoms with Crippen LogP contribution in [-0.4, -0.2) is 39.0 Å². The summed E-state index contributed by atoms with van der Waals surface area (Å²) in [5.41, 5.74) is 0. The Bertz CT molecular complexity index is 612. The van der Waals surface area contributed by atoms with Crippen LogP contribution in [-0.2, 0) is 19.2 Å².